The molecular weight excluding hydrogens is 194 g/mol. The van der Waals surface area contributed by atoms with Gasteiger partial charge in [0.25, 0.3) is 0 Å². The minimum absolute atomic E-state index is 0.355. The van der Waals surface area contributed by atoms with Gasteiger partial charge in [-0.3, -0.25) is 0 Å². The average Bonchev–Trinajstić information content (AvgIpc) is 2.52. The Bertz CT molecular complexity index is 487. The molecule has 14 heavy (non-hydrogen) atoms. The van der Waals surface area contributed by atoms with E-state index in [9.17, 15) is 5.11 Å². The number of hydrogen-bond donors (Lipinski definition) is 1. The Kier molecular flexibility index (Phi) is 2.25. The van der Waals surface area contributed by atoms with Gasteiger partial charge in [-0.25, -0.2) is 4.98 Å². The fraction of sp³-hybridized carbons (Fsp3) is 0.182. The summed E-state index contributed by atoms with van der Waals surface area (Å²) in [4.78, 5) is 4.31. The number of phenols is 1. The van der Waals surface area contributed by atoms with Crippen molar-refractivity contribution in [2.75, 3.05) is 0 Å². The van der Waals surface area contributed by atoms with Crippen LogP contribution < -0.4 is 0 Å². The van der Waals surface area contributed by atoms with Gasteiger partial charge in [0.1, 0.15) is 5.75 Å². The molecule has 3 heteroatoms. The van der Waals surface area contributed by atoms with Crippen LogP contribution >= 0.6 is 11.3 Å². The highest BCUT2D eigenvalue weighted by molar-refractivity contribution is 7.18. The zero-order valence-corrected chi connectivity index (χ0v) is 8.77. The largest absolute Gasteiger partial charge is 0.506 e. The summed E-state index contributed by atoms with van der Waals surface area (Å²) in [5.41, 5.74) is 1.79. The molecule has 1 N–H and O–H groups in total. The fourth-order valence-corrected chi connectivity index (χ4v) is 2.34. The molecule has 2 rings (SSSR count). The van der Waals surface area contributed by atoms with E-state index in [0.29, 0.717) is 12.2 Å². The van der Waals surface area contributed by atoms with Crippen LogP contribution in [0.5, 0.6) is 5.75 Å². The first-order chi connectivity index (χ1) is 6.72. The lowest BCUT2D eigenvalue weighted by Crippen LogP contribution is -1.81. The molecule has 0 atom stereocenters. The summed E-state index contributed by atoms with van der Waals surface area (Å²) in [5, 5.41) is 10.9. The number of thiazole rings is 1. The molecule has 1 aromatic heterocycles. The lowest BCUT2D eigenvalue weighted by molar-refractivity contribution is 0.477. The van der Waals surface area contributed by atoms with E-state index >= 15 is 0 Å². The van der Waals surface area contributed by atoms with Crippen LogP contribution in [0.15, 0.2) is 24.8 Å². The molecule has 0 fully saturated rings. The van der Waals surface area contributed by atoms with Gasteiger partial charge in [0.05, 0.1) is 15.2 Å². The highest BCUT2D eigenvalue weighted by atomic mass is 32.1. The number of allylic oxidation sites excluding steroid dienone is 1. The fourth-order valence-electron chi connectivity index (χ4n) is 1.45. The van der Waals surface area contributed by atoms with Crippen LogP contribution in [0, 0.1) is 6.92 Å². The predicted octanol–water partition coefficient (Wildman–Crippen LogP) is 3.04. The molecule has 2 nitrogen and oxygen atoms in total. The SMILES string of the molecule is C=CCc1ccc2nc(C)sc2c1O. The maximum Gasteiger partial charge on any atom is 0.138 e. The zero-order chi connectivity index (χ0) is 10.1. The van der Waals surface area contributed by atoms with Gasteiger partial charge in [0.2, 0.25) is 0 Å². The molecule has 72 valence electrons. The molecule has 0 radical (unpaired) electrons. The van der Waals surface area contributed by atoms with Crippen molar-refractivity contribution in [3.05, 3.63) is 35.4 Å². The maximum atomic E-state index is 9.92. The van der Waals surface area contributed by atoms with Crippen LogP contribution in [0.4, 0.5) is 0 Å². The second-order valence-electron chi connectivity index (χ2n) is 3.15. The quantitative estimate of drug-likeness (QED) is 0.764. The van der Waals surface area contributed by atoms with E-state index < -0.39 is 0 Å². The minimum atomic E-state index is 0.355. The molecule has 0 spiro atoms. The van der Waals surface area contributed by atoms with Crippen molar-refractivity contribution in [2.45, 2.75) is 13.3 Å². The van der Waals surface area contributed by atoms with Gasteiger partial charge in [-0.2, -0.15) is 0 Å². The van der Waals surface area contributed by atoms with E-state index in [2.05, 4.69) is 11.6 Å². The topological polar surface area (TPSA) is 33.1 Å². The molecule has 0 aliphatic heterocycles. The number of nitrogens with zero attached hydrogens (tertiary/aromatic N) is 1. The molecule has 0 saturated carbocycles. The summed E-state index contributed by atoms with van der Waals surface area (Å²) in [6.45, 7) is 5.60. The lowest BCUT2D eigenvalue weighted by atomic mass is 10.1. The summed E-state index contributed by atoms with van der Waals surface area (Å²) in [7, 11) is 0. The Morgan fingerprint density at radius 2 is 2.36 bits per heavy atom. The highest BCUT2D eigenvalue weighted by Crippen LogP contribution is 2.33. The van der Waals surface area contributed by atoms with Crippen molar-refractivity contribution in [1.82, 2.24) is 4.98 Å². The number of phenolic OH excluding ortho intramolecular Hbond substituents is 1. The Morgan fingerprint density at radius 1 is 1.57 bits per heavy atom. The number of benzene rings is 1. The maximum absolute atomic E-state index is 9.92. The van der Waals surface area contributed by atoms with Crippen LogP contribution in [0.2, 0.25) is 0 Å². The number of rotatable bonds is 2. The monoisotopic (exact) mass is 205 g/mol. The van der Waals surface area contributed by atoms with Crippen LogP contribution in [-0.2, 0) is 6.42 Å². The summed E-state index contributed by atoms with van der Waals surface area (Å²) >= 11 is 1.52. The van der Waals surface area contributed by atoms with E-state index in [1.54, 1.807) is 6.08 Å². The van der Waals surface area contributed by atoms with E-state index in [4.69, 9.17) is 0 Å². The van der Waals surface area contributed by atoms with Crippen LogP contribution in [0.3, 0.4) is 0 Å². The molecule has 0 aliphatic carbocycles. The van der Waals surface area contributed by atoms with E-state index in [1.807, 2.05) is 19.1 Å². The second-order valence-corrected chi connectivity index (χ2v) is 4.35. The first-order valence-electron chi connectivity index (χ1n) is 4.41. The predicted molar refractivity (Wildman–Crippen MR) is 59.9 cm³/mol. The summed E-state index contributed by atoms with van der Waals surface area (Å²) in [5.74, 6) is 0.355. The molecule has 1 aromatic carbocycles. The summed E-state index contributed by atoms with van der Waals surface area (Å²) in [6.07, 6.45) is 2.48. The minimum Gasteiger partial charge on any atom is -0.506 e. The van der Waals surface area contributed by atoms with Crippen LogP contribution in [0.1, 0.15) is 10.6 Å². The van der Waals surface area contributed by atoms with Crippen LogP contribution in [0.25, 0.3) is 10.2 Å². The standard InChI is InChI=1S/C11H11NOS/c1-3-4-8-5-6-9-11(10(8)13)14-7(2)12-9/h3,5-6,13H,1,4H2,2H3. The van der Waals surface area contributed by atoms with Crippen LogP contribution in [-0.4, -0.2) is 10.1 Å². The lowest BCUT2D eigenvalue weighted by Gasteiger charge is -2.00. The molecule has 2 aromatic rings. The van der Waals surface area contributed by atoms with Gasteiger partial charge < -0.3 is 5.11 Å². The third-order valence-electron chi connectivity index (χ3n) is 2.09. The third-order valence-corrected chi connectivity index (χ3v) is 3.08. The van der Waals surface area contributed by atoms with Gasteiger partial charge in [0.15, 0.2) is 0 Å². The normalized spacial score (nSPS) is 10.6. The molecule has 0 bridgehead atoms. The number of hydrogen-bond acceptors (Lipinski definition) is 3. The zero-order valence-electron chi connectivity index (χ0n) is 7.95. The Morgan fingerprint density at radius 3 is 3.07 bits per heavy atom. The van der Waals surface area contributed by atoms with Gasteiger partial charge in [0, 0.05) is 0 Å². The Hall–Kier alpha value is -1.35. The summed E-state index contributed by atoms with van der Waals surface area (Å²) < 4.78 is 0.877. The van der Waals surface area contributed by atoms with Crippen molar-refractivity contribution in [2.24, 2.45) is 0 Å². The number of aromatic hydroxyl groups is 1. The van der Waals surface area contributed by atoms with Gasteiger partial charge in [-0.05, 0) is 25.0 Å². The number of fused-ring (bicyclic) bond motifs is 1. The number of aryl methyl sites for hydroxylation is 1. The molecule has 1 heterocycles. The van der Waals surface area contributed by atoms with E-state index in [0.717, 1.165) is 20.8 Å². The highest BCUT2D eigenvalue weighted by Gasteiger charge is 2.08. The molecule has 0 aliphatic rings. The van der Waals surface area contributed by atoms with Gasteiger partial charge in [-0.15, -0.1) is 17.9 Å². The Balaban J connectivity index is 2.67. The molecule has 0 saturated heterocycles. The number of aromatic nitrogens is 1. The smallest absolute Gasteiger partial charge is 0.138 e. The third kappa shape index (κ3) is 1.40. The van der Waals surface area contributed by atoms with Gasteiger partial charge in [-0.1, -0.05) is 12.1 Å². The van der Waals surface area contributed by atoms with E-state index in [-0.39, 0.29) is 0 Å². The van der Waals surface area contributed by atoms with Crippen molar-refractivity contribution in [3.8, 4) is 5.75 Å². The first kappa shape index (κ1) is 9.21. The van der Waals surface area contributed by atoms with Crippen molar-refractivity contribution in [3.63, 3.8) is 0 Å². The van der Waals surface area contributed by atoms with E-state index in [1.165, 1.54) is 11.3 Å². The van der Waals surface area contributed by atoms with Crippen molar-refractivity contribution >= 4 is 21.6 Å². The molecule has 0 amide bonds. The second kappa shape index (κ2) is 3.42. The average molecular weight is 205 g/mol. The molecule has 0 unspecified atom stereocenters. The molecular formula is C11H11NOS. The van der Waals surface area contributed by atoms with Crippen molar-refractivity contribution in [1.29, 1.82) is 0 Å². The van der Waals surface area contributed by atoms with Crippen molar-refractivity contribution < 1.29 is 5.11 Å². The summed E-state index contributed by atoms with van der Waals surface area (Å²) in [6, 6.07) is 3.84. The first-order valence-corrected chi connectivity index (χ1v) is 5.23. The van der Waals surface area contributed by atoms with Gasteiger partial charge >= 0.3 is 0 Å². The Labute approximate surface area is 86.5 Å².